The number of pyridine rings is 1. The van der Waals surface area contributed by atoms with Crippen LogP contribution in [0.2, 0.25) is 0 Å². The maximum absolute atomic E-state index is 12.8. The van der Waals surface area contributed by atoms with E-state index in [2.05, 4.69) is 24.1 Å². The van der Waals surface area contributed by atoms with Gasteiger partial charge in [0, 0.05) is 24.2 Å². The smallest absolute Gasteiger partial charge is 0.256 e. The molecule has 0 spiro atoms. The summed E-state index contributed by atoms with van der Waals surface area (Å²) in [6.07, 6.45) is 5.77. The molecule has 1 aromatic rings. The first-order chi connectivity index (χ1) is 11.1. The van der Waals surface area contributed by atoms with Crippen LogP contribution in [-0.2, 0) is 13.1 Å². The van der Waals surface area contributed by atoms with Gasteiger partial charge < -0.3 is 15.0 Å². The number of amides is 1. The Bertz CT molecular complexity index is 582. The van der Waals surface area contributed by atoms with Crippen LogP contribution in [0.25, 0.3) is 0 Å². The summed E-state index contributed by atoms with van der Waals surface area (Å²) >= 11 is 0. The number of nitrogens with zero attached hydrogens (tertiary/aromatic N) is 2. The summed E-state index contributed by atoms with van der Waals surface area (Å²) in [7, 11) is 1.65. The van der Waals surface area contributed by atoms with Crippen LogP contribution < -0.4 is 10.1 Å². The Morgan fingerprint density at radius 2 is 2.17 bits per heavy atom. The summed E-state index contributed by atoms with van der Waals surface area (Å²) < 4.78 is 5.45. The fraction of sp³-hybridized carbons (Fsp3) is 0.667. The second-order valence-corrected chi connectivity index (χ2v) is 6.71. The van der Waals surface area contributed by atoms with E-state index in [4.69, 9.17) is 4.74 Å². The molecular weight excluding hydrogens is 290 g/mol. The molecule has 3 rings (SSSR count). The molecule has 126 valence electrons. The molecule has 0 saturated heterocycles. The maximum Gasteiger partial charge on any atom is 0.256 e. The van der Waals surface area contributed by atoms with Crippen molar-refractivity contribution < 1.29 is 9.53 Å². The first kappa shape index (κ1) is 16.2. The van der Waals surface area contributed by atoms with Crippen LogP contribution in [0.3, 0.4) is 0 Å². The van der Waals surface area contributed by atoms with E-state index in [0.29, 0.717) is 31.1 Å². The van der Waals surface area contributed by atoms with Crippen molar-refractivity contribution >= 4 is 5.91 Å². The lowest BCUT2D eigenvalue weighted by atomic mass is 10.1. The second-order valence-electron chi connectivity index (χ2n) is 6.71. The van der Waals surface area contributed by atoms with Crippen LogP contribution in [0.1, 0.15) is 67.6 Å². The standard InChI is InChI=1S/C18H27N3O2/c1-4-12(2)19-10-13-9-15-16(20-17(13)23-3)11-21(18(15)22)14-7-5-6-8-14/h9,12,14,19H,4-8,10-11H2,1-3H3/t12-/m0/s1. The van der Waals surface area contributed by atoms with Crippen LogP contribution in [0.5, 0.6) is 5.88 Å². The minimum Gasteiger partial charge on any atom is -0.481 e. The van der Waals surface area contributed by atoms with E-state index < -0.39 is 0 Å². The van der Waals surface area contributed by atoms with Crippen molar-refractivity contribution in [1.82, 2.24) is 15.2 Å². The number of carbonyl (C=O) groups is 1. The molecule has 1 aromatic heterocycles. The summed E-state index contributed by atoms with van der Waals surface area (Å²) in [6, 6.07) is 2.80. The zero-order valence-electron chi connectivity index (χ0n) is 14.4. The van der Waals surface area contributed by atoms with Gasteiger partial charge in [0.2, 0.25) is 5.88 Å². The average Bonchev–Trinajstić information content (AvgIpc) is 3.20. The molecule has 2 aliphatic rings. The molecule has 1 fully saturated rings. The topological polar surface area (TPSA) is 54.5 Å². The Kier molecular flexibility index (Phi) is 4.85. The van der Waals surface area contributed by atoms with Gasteiger partial charge in [0.15, 0.2) is 0 Å². The number of ether oxygens (including phenoxy) is 1. The van der Waals surface area contributed by atoms with Crippen molar-refractivity contribution in [2.45, 2.75) is 71.1 Å². The number of fused-ring (bicyclic) bond motifs is 1. The van der Waals surface area contributed by atoms with Gasteiger partial charge in [-0.25, -0.2) is 4.98 Å². The van der Waals surface area contributed by atoms with E-state index >= 15 is 0 Å². The summed E-state index contributed by atoms with van der Waals surface area (Å²) in [5.74, 6) is 0.785. The Morgan fingerprint density at radius 3 is 2.83 bits per heavy atom. The lowest BCUT2D eigenvalue weighted by molar-refractivity contribution is 0.0706. The largest absolute Gasteiger partial charge is 0.481 e. The quantitative estimate of drug-likeness (QED) is 0.876. The number of methoxy groups -OCH3 is 1. The van der Waals surface area contributed by atoms with Gasteiger partial charge in [-0.1, -0.05) is 19.8 Å². The monoisotopic (exact) mass is 317 g/mol. The van der Waals surface area contributed by atoms with E-state index in [0.717, 1.165) is 36.1 Å². The van der Waals surface area contributed by atoms with Gasteiger partial charge >= 0.3 is 0 Å². The molecule has 1 N–H and O–H groups in total. The molecule has 2 heterocycles. The highest BCUT2D eigenvalue weighted by atomic mass is 16.5. The maximum atomic E-state index is 12.8. The highest BCUT2D eigenvalue weighted by molar-refractivity contribution is 5.98. The first-order valence-corrected chi connectivity index (χ1v) is 8.75. The Labute approximate surface area is 138 Å². The second kappa shape index (κ2) is 6.87. The fourth-order valence-corrected chi connectivity index (χ4v) is 3.51. The van der Waals surface area contributed by atoms with Crippen molar-refractivity contribution in [3.8, 4) is 5.88 Å². The molecule has 0 unspecified atom stereocenters. The van der Waals surface area contributed by atoms with Gasteiger partial charge in [-0.3, -0.25) is 4.79 Å². The van der Waals surface area contributed by atoms with Crippen molar-refractivity contribution in [2.24, 2.45) is 0 Å². The number of hydrogen-bond acceptors (Lipinski definition) is 4. The fourth-order valence-electron chi connectivity index (χ4n) is 3.51. The predicted molar refractivity (Wildman–Crippen MR) is 89.5 cm³/mol. The van der Waals surface area contributed by atoms with Crippen molar-refractivity contribution in [3.63, 3.8) is 0 Å². The Hall–Kier alpha value is -1.62. The number of rotatable bonds is 6. The van der Waals surface area contributed by atoms with Gasteiger partial charge in [-0.2, -0.15) is 0 Å². The van der Waals surface area contributed by atoms with Crippen LogP contribution in [0.4, 0.5) is 0 Å². The van der Waals surface area contributed by atoms with E-state index in [1.807, 2.05) is 11.0 Å². The summed E-state index contributed by atoms with van der Waals surface area (Å²) in [5, 5.41) is 3.45. The van der Waals surface area contributed by atoms with Gasteiger partial charge in [0.05, 0.1) is 24.9 Å². The molecule has 5 heteroatoms. The molecule has 0 aromatic carbocycles. The third-order valence-corrected chi connectivity index (χ3v) is 5.16. The molecule has 1 saturated carbocycles. The van der Waals surface area contributed by atoms with E-state index in [-0.39, 0.29) is 5.91 Å². The molecule has 1 aliphatic carbocycles. The van der Waals surface area contributed by atoms with Crippen molar-refractivity contribution in [1.29, 1.82) is 0 Å². The number of carbonyl (C=O) groups excluding carboxylic acids is 1. The summed E-state index contributed by atoms with van der Waals surface area (Å²) in [5.41, 5.74) is 2.60. The summed E-state index contributed by atoms with van der Waals surface area (Å²) in [4.78, 5) is 19.4. The SMILES string of the molecule is CC[C@H](C)NCc1cc2c(nc1OC)CN(C1CCCC1)C2=O. The molecule has 23 heavy (non-hydrogen) atoms. The number of aromatic nitrogens is 1. The zero-order chi connectivity index (χ0) is 16.4. The van der Waals surface area contributed by atoms with Gasteiger partial charge in [-0.05, 0) is 32.3 Å². The van der Waals surface area contributed by atoms with Gasteiger partial charge in [-0.15, -0.1) is 0 Å². The summed E-state index contributed by atoms with van der Waals surface area (Å²) in [6.45, 7) is 5.61. The molecule has 0 radical (unpaired) electrons. The lowest BCUT2D eigenvalue weighted by Gasteiger charge is -2.22. The van der Waals surface area contributed by atoms with Gasteiger partial charge in [0.25, 0.3) is 5.91 Å². The van der Waals surface area contributed by atoms with Crippen LogP contribution in [0, 0.1) is 0 Å². The third-order valence-electron chi connectivity index (χ3n) is 5.16. The molecular formula is C18H27N3O2. The lowest BCUT2D eigenvalue weighted by Crippen LogP contribution is -2.33. The average molecular weight is 317 g/mol. The Balaban J connectivity index is 1.82. The third kappa shape index (κ3) is 3.20. The van der Waals surface area contributed by atoms with Crippen LogP contribution in [-0.4, -0.2) is 35.0 Å². The first-order valence-electron chi connectivity index (χ1n) is 8.75. The number of nitrogens with one attached hydrogen (secondary N) is 1. The van der Waals surface area contributed by atoms with Gasteiger partial charge in [0.1, 0.15) is 0 Å². The van der Waals surface area contributed by atoms with Crippen LogP contribution in [0.15, 0.2) is 6.07 Å². The Morgan fingerprint density at radius 1 is 1.43 bits per heavy atom. The zero-order valence-corrected chi connectivity index (χ0v) is 14.4. The minimum absolute atomic E-state index is 0.145. The molecule has 1 atom stereocenters. The normalized spacial score (nSPS) is 19.3. The van der Waals surface area contributed by atoms with Crippen molar-refractivity contribution in [2.75, 3.05) is 7.11 Å². The minimum atomic E-state index is 0.145. The van der Waals surface area contributed by atoms with Crippen LogP contribution >= 0.6 is 0 Å². The van der Waals surface area contributed by atoms with Crippen molar-refractivity contribution in [3.05, 3.63) is 22.9 Å². The molecule has 5 nitrogen and oxygen atoms in total. The molecule has 1 amide bonds. The molecule has 0 bridgehead atoms. The highest BCUT2D eigenvalue weighted by Crippen LogP contribution is 2.33. The highest BCUT2D eigenvalue weighted by Gasteiger charge is 2.35. The van der Waals surface area contributed by atoms with E-state index in [1.54, 1.807) is 7.11 Å². The van der Waals surface area contributed by atoms with E-state index in [9.17, 15) is 4.79 Å². The molecule has 1 aliphatic heterocycles. The predicted octanol–water partition coefficient (Wildman–Crippen LogP) is 2.88. The van der Waals surface area contributed by atoms with E-state index in [1.165, 1.54) is 12.8 Å². The number of hydrogen-bond donors (Lipinski definition) is 1.